The summed E-state index contributed by atoms with van der Waals surface area (Å²) >= 11 is 1.46. The summed E-state index contributed by atoms with van der Waals surface area (Å²) in [7, 11) is 0. The first-order chi connectivity index (χ1) is 8.97. The summed E-state index contributed by atoms with van der Waals surface area (Å²) in [5.74, 6) is -0.0325. The van der Waals surface area contributed by atoms with Crippen molar-refractivity contribution in [3.05, 3.63) is 34.7 Å². The molecule has 100 valence electrons. The zero-order valence-electron chi connectivity index (χ0n) is 11.7. The van der Waals surface area contributed by atoms with Crippen LogP contribution in [0.3, 0.4) is 0 Å². The molecule has 1 N–H and O–H groups in total. The number of carbonyl (C=O) groups is 1. The summed E-state index contributed by atoms with van der Waals surface area (Å²) in [4.78, 5) is 16.1. The Bertz CT molecular complexity index is 602. The number of rotatable bonds is 3. The van der Waals surface area contributed by atoms with E-state index in [9.17, 15) is 4.79 Å². The van der Waals surface area contributed by atoms with E-state index in [1.807, 2.05) is 19.2 Å². The second kappa shape index (κ2) is 5.53. The molecule has 0 aliphatic rings. The van der Waals surface area contributed by atoms with E-state index in [2.05, 4.69) is 42.3 Å². The van der Waals surface area contributed by atoms with Crippen molar-refractivity contribution < 1.29 is 4.79 Å². The van der Waals surface area contributed by atoms with Crippen molar-refractivity contribution in [3.8, 4) is 11.3 Å². The van der Waals surface area contributed by atoms with E-state index in [1.165, 1.54) is 22.5 Å². The van der Waals surface area contributed by atoms with Gasteiger partial charge in [0, 0.05) is 16.9 Å². The van der Waals surface area contributed by atoms with Crippen LogP contribution < -0.4 is 5.32 Å². The normalized spacial score (nSPS) is 10.8. The smallest absolute Gasteiger partial charge is 0.228 e. The number of hydrogen-bond acceptors (Lipinski definition) is 3. The zero-order valence-corrected chi connectivity index (χ0v) is 12.5. The molecule has 0 radical (unpaired) electrons. The van der Waals surface area contributed by atoms with Gasteiger partial charge in [-0.15, -0.1) is 11.3 Å². The number of anilines is 1. The summed E-state index contributed by atoms with van der Waals surface area (Å²) in [6.07, 6.45) is 0. The number of benzene rings is 1. The SMILES string of the molecule is Cc1ccc(C)c(-c2csc(NC(=O)C(C)C)n2)c1. The molecule has 2 aromatic rings. The van der Waals surface area contributed by atoms with E-state index in [0.717, 1.165) is 11.3 Å². The highest BCUT2D eigenvalue weighted by atomic mass is 32.1. The Balaban J connectivity index is 2.26. The summed E-state index contributed by atoms with van der Waals surface area (Å²) in [6.45, 7) is 7.88. The van der Waals surface area contributed by atoms with Crippen LogP contribution >= 0.6 is 11.3 Å². The topological polar surface area (TPSA) is 42.0 Å². The molecule has 19 heavy (non-hydrogen) atoms. The average molecular weight is 274 g/mol. The number of hydrogen-bond donors (Lipinski definition) is 1. The minimum absolute atomic E-state index is 0.00173. The highest BCUT2D eigenvalue weighted by Gasteiger charge is 2.11. The molecule has 1 heterocycles. The lowest BCUT2D eigenvalue weighted by atomic mass is 10.0. The van der Waals surface area contributed by atoms with Gasteiger partial charge >= 0.3 is 0 Å². The molecule has 0 aliphatic heterocycles. The van der Waals surface area contributed by atoms with Gasteiger partial charge in [-0.05, 0) is 25.5 Å². The molecule has 0 unspecified atom stereocenters. The van der Waals surface area contributed by atoms with Crippen LogP contribution in [0.5, 0.6) is 0 Å². The van der Waals surface area contributed by atoms with Crippen molar-refractivity contribution >= 4 is 22.4 Å². The maximum absolute atomic E-state index is 11.6. The van der Waals surface area contributed by atoms with Gasteiger partial charge < -0.3 is 5.32 Å². The van der Waals surface area contributed by atoms with E-state index in [1.54, 1.807) is 0 Å². The van der Waals surface area contributed by atoms with Crippen LogP contribution in [0, 0.1) is 19.8 Å². The number of nitrogens with one attached hydrogen (secondary N) is 1. The Kier molecular flexibility index (Phi) is 4.00. The van der Waals surface area contributed by atoms with Crippen molar-refractivity contribution in [2.75, 3.05) is 5.32 Å². The lowest BCUT2D eigenvalue weighted by Crippen LogP contribution is -2.17. The Labute approximate surface area is 117 Å². The Morgan fingerprint density at radius 3 is 2.74 bits per heavy atom. The van der Waals surface area contributed by atoms with Crippen LogP contribution in [0.1, 0.15) is 25.0 Å². The molecule has 0 bridgehead atoms. The second-order valence-corrected chi connectivity index (χ2v) is 5.86. The van der Waals surface area contributed by atoms with Crippen LogP contribution in [0.2, 0.25) is 0 Å². The standard InChI is InChI=1S/C15H18N2OS/c1-9(2)14(18)17-15-16-13(8-19-15)12-7-10(3)5-6-11(12)4/h5-9H,1-4H3,(H,16,17,18). The lowest BCUT2D eigenvalue weighted by Gasteiger charge is -2.05. The molecular formula is C15H18N2OS. The molecule has 0 aliphatic carbocycles. The predicted molar refractivity (Wildman–Crippen MR) is 80.5 cm³/mol. The predicted octanol–water partition coefficient (Wildman–Crippen LogP) is 4.02. The lowest BCUT2D eigenvalue weighted by molar-refractivity contribution is -0.118. The van der Waals surface area contributed by atoms with Crippen LogP contribution in [0.25, 0.3) is 11.3 Å². The summed E-state index contributed by atoms with van der Waals surface area (Å²) < 4.78 is 0. The molecule has 0 atom stereocenters. The largest absolute Gasteiger partial charge is 0.302 e. The molecule has 0 saturated carbocycles. The van der Waals surface area contributed by atoms with Gasteiger partial charge in [-0.3, -0.25) is 4.79 Å². The summed E-state index contributed by atoms with van der Waals surface area (Å²) in [5, 5.41) is 5.48. The number of nitrogens with zero attached hydrogens (tertiary/aromatic N) is 1. The van der Waals surface area contributed by atoms with E-state index in [-0.39, 0.29) is 11.8 Å². The Hall–Kier alpha value is -1.68. The van der Waals surface area contributed by atoms with Gasteiger partial charge in [0.2, 0.25) is 5.91 Å². The van der Waals surface area contributed by atoms with Gasteiger partial charge in [-0.2, -0.15) is 0 Å². The molecule has 1 aromatic carbocycles. The zero-order chi connectivity index (χ0) is 14.0. The van der Waals surface area contributed by atoms with Gasteiger partial charge in [0.15, 0.2) is 5.13 Å². The van der Waals surface area contributed by atoms with Crippen LogP contribution in [-0.2, 0) is 4.79 Å². The fourth-order valence-corrected chi connectivity index (χ4v) is 2.43. The molecule has 0 spiro atoms. The van der Waals surface area contributed by atoms with Gasteiger partial charge in [0.05, 0.1) is 5.69 Å². The maximum Gasteiger partial charge on any atom is 0.228 e. The van der Waals surface area contributed by atoms with Gasteiger partial charge in [-0.1, -0.05) is 31.5 Å². The minimum atomic E-state index is -0.0342. The fourth-order valence-electron chi connectivity index (χ4n) is 1.72. The molecular weight excluding hydrogens is 256 g/mol. The Morgan fingerprint density at radius 2 is 2.05 bits per heavy atom. The van der Waals surface area contributed by atoms with Gasteiger partial charge in [0.25, 0.3) is 0 Å². The highest BCUT2D eigenvalue weighted by Crippen LogP contribution is 2.28. The quantitative estimate of drug-likeness (QED) is 0.918. The van der Waals surface area contributed by atoms with Crippen LogP contribution in [-0.4, -0.2) is 10.9 Å². The number of aryl methyl sites for hydroxylation is 2. The fraction of sp³-hybridized carbons (Fsp3) is 0.333. The molecule has 0 saturated heterocycles. The third-order valence-corrected chi connectivity index (χ3v) is 3.69. The van der Waals surface area contributed by atoms with Crippen LogP contribution in [0.15, 0.2) is 23.6 Å². The number of aromatic nitrogens is 1. The average Bonchev–Trinajstić information content (AvgIpc) is 2.80. The first kappa shape index (κ1) is 13.7. The van der Waals surface area contributed by atoms with Crippen molar-refractivity contribution in [1.82, 2.24) is 4.98 Å². The molecule has 1 aromatic heterocycles. The van der Waals surface area contributed by atoms with Crippen molar-refractivity contribution in [3.63, 3.8) is 0 Å². The van der Waals surface area contributed by atoms with E-state index >= 15 is 0 Å². The number of thiazole rings is 1. The van der Waals surface area contributed by atoms with E-state index in [0.29, 0.717) is 5.13 Å². The minimum Gasteiger partial charge on any atom is -0.302 e. The summed E-state index contributed by atoms with van der Waals surface area (Å²) in [5.41, 5.74) is 4.45. The molecule has 4 heteroatoms. The third-order valence-electron chi connectivity index (χ3n) is 2.93. The first-order valence-electron chi connectivity index (χ1n) is 6.31. The number of amides is 1. The highest BCUT2D eigenvalue weighted by molar-refractivity contribution is 7.14. The molecule has 1 amide bonds. The van der Waals surface area contributed by atoms with Crippen molar-refractivity contribution in [2.45, 2.75) is 27.7 Å². The van der Waals surface area contributed by atoms with E-state index in [4.69, 9.17) is 0 Å². The third kappa shape index (κ3) is 3.20. The van der Waals surface area contributed by atoms with Gasteiger partial charge in [-0.25, -0.2) is 4.98 Å². The Morgan fingerprint density at radius 1 is 1.32 bits per heavy atom. The maximum atomic E-state index is 11.6. The first-order valence-corrected chi connectivity index (χ1v) is 7.19. The molecule has 0 fully saturated rings. The second-order valence-electron chi connectivity index (χ2n) is 5.00. The van der Waals surface area contributed by atoms with Crippen molar-refractivity contribution in [1.29, 1.82) is 0 Å². The van der Waals surface area contributed by atoms with Crippen LogP contribution in [0.4, 0.5) is 5.13 Å². The van der Waals surface area contributed by atoms with Crippen molar-refractivity contribution in [2.24, 2.45) is 5.92 Å². The summed E-state index contributed by atoms with van der Waals surface area (Å²) in [6, 6.07) is 6.31. The van der Waals surface area contributed by atoms with E-state index < -0.39 is 0 Å². The monoisotopic (exact) mass is 274 g/mol. The molecule has 2 rings (SSSR count). The van der Waals surface area contributed by atoms with Gasteiger partial charge in [0.1, 0.15) is 0 Å². The number of carbonyl (C=O) groups excluding carboxylic acids is 1. The molecule has 3 nitrogen and oxygen atoms in total.